The molecule has 0 aromatic carbocycles. The Kier molecular flexibility index (Phi) is 6.68. The summed E-state index contributed by atoms with van der Waals surface area (Å²) in [6.45, 7) is 8.25. The Hall–Kier alpha value is -2.13. The van der Waals surface area contributed by atoms with Crippen molar-refractivity contribution < 1.29 is 4.79 Å². The first-order valence-corrected chi connectivity index (χ1v) is 10.8. The second-order valence-electron chi connectivity index (χ2n) is 6.29. The van der Waals surface area contributed by atoms with Crippen LogP contribution in [0.25, 0.3) is 11.0 Å². The molecule has 1 amide bonds. The highest BCUT2D eigenvalue weighted by Gasteiger charge is 2.14. The lowest BCUT2D eigenvalue weighted by molar-refractivity contribution is 0.0956. The molecular weight excluding hydrogens is 380 g/mol. The second kappa shape index (κ2) is 9.18. The van der Waals surface area contributed by atoms with Crippen LogP contribution in [0.15, 0.2) is 28.9 Å². The van der Waals surface area contributed by atoms with Crippen molar-refractivity contribution in [2.45, 2.75) is 44.1 Å². The van der Waals surface area contributed by atoms with E-state index < -0.39 is 0 Å². The molecule has 7 nitrogen and oxygen atoms in total. The lowest BCUT2D eigenvalue weighted by atomic mass is 10.3. The molecule has 0 radical (unpaired) electrons. The van der Waals surface area contributed by atoms with E-state index in [9.17, 15) is 4.79 Å². The summed E-state index contributed by atoms with van der Waals surface area (Å²) < 4.78 is 1.83. The highest BCUT2D eigenvalue weighted by atomic mass is 32.2. The fourth-order valence-electron chi connectivity index (χ4n) is 2.51. The van der Waals surface area contributed by atoms with Crippen LogP contribution in [0.2, 0.25) is 0 Å². The Labute approximate surface area is 167 Å². The third-order valence-corrected chi connectivity index (χ3v) is 5.45. The summed E-state index contributed by atoms with van der Waals surface area (Å²) in [6.07, 6.45) is 2.80. The van der Waals surface area contributed by atoms with E-state index in [1.54, 1.807) is 18.0 Å². The van der Waals surface area contributed by atoms with Gasteiger partial charge in [-0.15, -0.1) is 11.3 Å². The minimum atomic E-state index is -0.0579. The number of carbonyl (C=O) groups is 1. The van der Waals surface area contributed by atoms with E-state index in [-0.39, 0.29) is 5.91 Å². The molecule has 2 N–H and O–H groups in total. The first kappa shape index (κ1) is 19.6. The molecule has 3 heterocycles. The van der Waals surface area contributed by atoms with Crippen molar-refractivity contribution in [1.82, 2.24) is 25.1 Å². The number of thioether (sulfide) groups is 1. The van der Waals surface area contributed by atoms with Gasteiger partial charge in [-0.05, 0) is 17.9 Å². The van der Waals surface area contributed by atoms with Crippen LogP contribution >= 0.6 is 23.1 Å². The summed E-state index contributed by atoms with van der Waals surface area (Å²) in [7, 11) is 0. The number of amides is 1. The van der Waals surface area contributed by atoms with Gasteiger partial charge in [0, 0.05) is 18.3 Å². The molecule has 0 aliphatic rings. The maximum absolute atomic E-state index is 12.1. The van der Waals surface area contributed by atoms with Crippen LogP contribution in [0.3, 0.4) is 0 Å². The SMILES string of the molecule is CCCNc1nc(SC(C)C)nc2c1cnn2CCNC(=O)c1cccs1. The molecule has 27 heavy (non-hydrogen) atoms. The van der Waals surface area contributed by atoms with E-state index in [4.69, 9.17) is 4.98 Å². The molecule has 0 unspecified atom stereocenters. The molecule has 3 aromatic heterocycles. The van der Waals surface area contributed by atoms with Crippen LogP contribution in [-0.2, 0) is 6.54 Å². The van der Waals surface area contributed by atoms with Gasteiger partial charge in [-0.2, -0.15) is 5.10 Å². The van der Waals surface area contributed by atoms with Crippen molar-refractivity contribution in [2.75, 3.05) is 18.4 Å². The zero-order chi connectivity index (χ0) is 19.2. The van der Waals surface area contributed by atoms with Crippen molar-refractivity contribution >= 4 is 45.9 Å². The van der Waals surface area contributed by atoms with E-state index in [2.05, 4.69) is 41.5 Å². The highest BCUT2D eigenvalue weighted by molar-refractivity contribution is 7.99. The molecule has 3 rings (SSSR count). The molecule has 0 saturated carbocycles. The summed E-state index contributed by atoms with van der Waals surface area (Å²) in [5, 5.41) is 14.7. The molecule has 0 fully saturated rings. The Morgan fingerprint density at radius 1 is 1.33 bits per heavy atom. The van der Waals surface area contributed by atoms with Gasteiger partial charge in [0.15, 0.2) is 10.8 Å². The predicted molar refractivity (Wildman–Crippen MR) is 112 cm³/mol. The summed E-state index contributed by atoms with van der Waals surface area (Å²) >= 11 is 3.06. The fraction of sp³-hybridized carbons (Fsp3) is 0.444. The number of fused-ring (bicyclic) bond motifs is 1. The maximum Gasteiger partial charge on any atom is 0.261 e. The van der Waals surface area contributed by atoms with Gasteiger partial charge in [-0.1, -0.05) is 38.6 Å². The van der Waals surface area contributed by atoms with Crippen molar-refractivity contribution in [3.63, 3.8) is 0 Å². The van der Waals surface area contributed by atoms with Gasteiger partial charge >= 0.3 is 0 Å². The third kappa shape index (κ3) is 4.98. The van der Waals surface area contributed by atoms with Gasteiger partial charge in [0.05, 0.1) is 23.0 Å². The average Bonchev–Trinajstić information content (AvgIpc) is 3.29. The number of nitrogens with zero attached hydrogens (tertiary/aromatic N) is 4. The third-order valence-electron chi connectivity index (χ3n) is 3.71. The molecule has 0 spiro atoms. The number of aromatic nitrogens is 4. The first-order valence-electron chi connectivity index (χ1n) is 9.04. The van der Waals surface area contributed by atoms with Crippen LogP contribution in [-0.4, -0.2) is 44.0 Å². The Morgan fingerprint density at radius 3 is 2.89 bits per heavy atom. The van der Waals surface area contributed by atoms with Crippen LogP contribution in [0, 0.1) is 0 Å². The molecule has 144 valence electrons. The fourth-order valence-corrected chi connectivity index (χ4v) is 3.86. The average molecular weight is 405 g/mol. The topological polar surface area (TPSA) is 84.7 Å². The first-order chi connectivity index (χ1) is 13.1. The summed E-state index contributed by atoms with van der Waals surface area (Å²) in [4.78, 5) is 22.1. The van der Waals surface area contributed by atoms with Gasteiger partial charge in [0.1, 0.15) is 5.82 Å². The summed E-state index contributed by atoms with van der Waals surface area (Å²) in [6, 6.07) is 3.69. The van der Waals surface area contributed by atoms with Gasteiger partial charge in [-0.25, -0.2) is 14.6 Å². The zero-order valence-electron chi connectivity index (χ0n) is 15.7. The minimum Gasteiger partial charge on any atom is -0.369 e. The van der Waals surface area contributed by atoms with E-state index in [1.165, 1.54) is 11.3 Å². The van der Waals surface area contributed by atoms with Crippen LogP contribution in [0.5, 0.6) is 0 Å². The minimum absolute atomic E-state index is 0.0579. The standard InChI is InChI=1S/C18H24N6OS2/c1-4-7-19-15-13-11-21-24(16(13)23-18(22-15)27-12(2)3)9-8-20-17(25)14-6-5-10-26-14/h5-6,10-12H,4,7-9H2,1-3H3,(H,20,25)(H,19,22,23). The van der Waals surface area contributed by atoms with Crippen LogP contribution < -0.4 is 10.6 Å². The van der Waals surface area contributed by atoms with E-state index >= 15 is 0 Å². The summed E-state index contributed by atoms with van der Waals surface area (Å²) in [5.41, 5.74) is 0.789. The van der Waals surface area contributed by atoms with Crippen molar-refractivity contribution in [2.24, 2.45) is 0 Å². The number of nitrogens with one attached hydrogen (secondary N) is 2. The van der Waals surface area contributed by atoms with Crippen LogP contribution in [0.4, 0.5) is 5.82 Å². The summed E-state index contributed by atoms with van der Waals surface area (Å²) in [5.74, 6) is 0.760. The number of rotatable bonds is 9. The van der Waals surface area contributed by atoms with E-state index in [0.717, 1.165) is 35.0 Å². The van der Waals surface area contributed by atoms with Crippen molar-refractivity contribution in [1.29, 1.82) is 0 Å². The normalized spacial score (nSPS) is 11.3. The number of hydrogen-bond acceptors (Lipinski definition) is 7. The Balaban J connectivity index is 1.77. The van der Waals surface area contributed by atoms with Crippen LogP contribution in [0.1, 0.15) is 36.9 Å². The predicted octanol–water partition coefficient (Wildman–Crippen LogP) is 3.64. The maximum atomic E-state index is 12.1. The highest BCUT2D eigenvalue weighted by Crippen LogP contribution is 2.26. The van der Waals surface area contributed by atoms with Gasteiger partial charge in [0.2, 0.25) is 0 Å². The number of carbonyl (C=O) groups excluding carboxylic acids is 1. The molecule has 0 atom stereocenters. The van der Waals surface area contributed by atoms with Crippen molar-refractivity contribution in [3.05, 3.63) is 28.6 Å². The lowest BCUT2D eigenvalue weighted by Gasteiger charge is -2.10. The quantitative estimate of drug-likeness (QED) is 0.418. The Bertz CT molecular complexity index is 891. The Morgan fingerprint density at radius 2 is 2.19 bits per heavy atom. The van der Waals surface area contributed by atoms with E-state index in [1.807, 2.05) is 22.2 Å². The molecule has 0 aliphatic carbocycles. The van der Waals surface area contributed by atoms with Gasteiger partial charge in [0.25, 0.3) is 5.91 Å². The largest absolute Gasteiger partial charge is 0.369 e. The number of anilines is 1. The lowest BCUT2D eigenvalue weighted by Crippen LogP contribution is -2.26. The monoisotopic (exact) mass is 404 g/mol. The second-order valence-corrected chi connectivity index (χ2v) is 8.78. The molecule has 0 saturated heterocycles. The molecule has 3 aromatic rings. The van der Waals surface area contributed by atoms with Gasteiger partial charge < -0.3 is 10.6 Å². The molecular formula is C18H24N6OS2. The molecule has 0 bridgehead atoms. The zero-order valence-corrected chi connectivity index (χ0v) is 17.4. The molecule has 9 heteroatoms. The number of thiophene rings is 1. The van der Waals surface area contributed by atoms with Crippen molar-refractivity contribution in [3.8, 4) is 0 Å². The number of hydrogen-bond donors (Lipinski definition) is 2. The smallest absolute Gasteiger partial charge is 0.261 e. The van der Waals surface area contributed by atoms with E-state index in [0.29, 0.717) is 23.2 Å². The van der Waals surface area contributed by atoms with Gasteiger partial charge in [-0.3, -0.25) is 4.79 Å². The molecule has 0 aliphatic heterocycles.